The average Bonchev–Trinajstić information content (AvgIpc) is 3.28. The first-order chi connectivity index (χ1) is 14.8. The normalized spacial score (nSPS) is 15.2. The number of aromatic nitrogens is 4. The maximum absolute atomic E-state index is 13.2. The fourth-order valence-electron chi connectivity index (χ4n) is 3.51. The van der Waals surface area contributed by atoms with Crippen LogP contribution in [0.5, 0.6) is 0 Å². The number of carbonyl (C=O) groups excluding carboxylic acids is 1. The standard InChI is InChI=1S/C20H18ClF3N6O/c21-17-4-5-18(28-27-17)29-10-6-13(7-11-29)19(31)26-15-12-14(20(22,23)24)2-3-16(15)30-9-1-8-25-30/h1-5,8-9,12-13H,6-7,10-11H2,(H,26,31). The van der Waals surface area contributed by atoms with Crippen molar-refractivity contribution in [3.05, 3.63) is 59.5 Å². The highest BCUT2D eigenvalue weighted by molar-refractivity contribution is 6.29. The average molecular weight is 451 g/mol. The van der Waals surface area contributed by atoms with Crippen molar-refractivity contribution < 1.29 is 18.0 Å². The SMILES string of the molecule is O=C(Nc1cc(C(F)(F)F)ccc1-n1cccn1)C1CCN(c2ccc(Cl)nn2)CC1. The second kappa shape index (κ2) is 8.54. The van der Waals surface area contributed by atoms with Crippen LogP contribution in [0.2, 0.25) is 5.15 Å². The van der Waals surface area contributed by atoms with Gasteiger partial charge in [-0.25, -0.2) is 4.68 Å². The van der Waals surface area contributed by atoms with E-state index in [-0.39, 0.29) is 17.5 Å². The molecule has 31 heavy (non-hydrogen) atoms. The highest BCUT2D eigenvalue weighted by Gasteiger charge is 2.32. The predicted octanol–water partition coefficient (Wildman–Crippen LogP) is 4.19. The number of anilines is 2. The second-order valence-corrected chi connectivity index (χ2v) is 7.53. The zero-order valence-electron chi connectivity index (χ0n) is 16.2. The minimum atomic E-state index is -4.52. The number of benzene rings is 1. The number of rotatable bonds is 4. The highest BCUT2D eigenvalue weighted by Crippen LogP contribution is 2.34. The first-order valence-corrected chi connectivity index (χ1v) is 9.95. The van der Waals surface area contributed by atoms with E-state index in [1.54, 1.807) is 24.4 Å². The van der Waals surface area contributed by atoms with E-state index in [0.29, 0.717) is 42.6 Å². The largest absolute Gasteiger partial charge is 0.416 e. The second-order valence-electron chi connectivity index (χ2n) is 7.15. The quantitative estimate of drug-likeness (QED) is 0.645. The van der Waals surface area contributed by atoms with Crippen molar-refractivity contribution in [3.63, 3.8) is 0 Å². The first kappa shape index (κ1) is 21.1. The molecule has 11 heteroatoms. The van der Waals surface area contributed by atoms with E-state index in [0.717, 1.165) is 12.1 Å². The Kier molecular flexibility index (Phi) is 5.81. The van der Waals surface area contributed by atoms with Crippen LogP contribution in [0.4, 0.5) is 24.7 Å². The molecule has 0 bridgehead atoms. The number of amides is 1. The lowest BCUT2D eigenvalue weighted by Crippen LogP contribution is -2.38. The molecule has 0 spiro atoms. The Morgan fingerprint density at radius 3 is 2.52 bits per heavy atom. The summed E-state index contributed by atoms with van der Waals surface area (Å²) >= 11 is 5.76. The van der Waals surface area contributed by atoms with Gasteiger partial charge in [0.15, 0.2) is 11.0 Å². The number of piperidine rings is 1. The first-order valence-electron chi connectivity index (χ1n) is 9.57. The molecule has 162 valence electrons. The molecule has 7 nitrogen and oxygen atoms in total. The highest BCUT2D eigenvalue weighted by atomic mass is 35.5. The predicted molar refractivity (Wildman–Crippen MR) is 109 cm³/mol. The summed E-state index contributed by atoms with van der Waals surface area (Å²) in [5.74, 6) is 0.00759. The summed E-state index contributed by atoms with van der Waals surface area (Å²) < 4.78 is 41.0. The molecule has 0 atom stereocenters. The van der Waals surface area contributed by atoms with Crippen molar-refractivity contribution in [1.29, 1.82) is 0 Å². The van der Waals surface area contributed by atoms with Gasteiger partial charge in [0.25, 0.3) is 0 Å². The fraction of sp³-hybridized carbons (Fsp3) is 0.300. The van der Waals surface area contributed by atoms with E-state index in [1.165, 1.54) is 16.9 Å². The maximum atomic E-state index is 13.2. The van der Waals surface area contributed by atoms with Gasteiger partial charge >= 0.3 is 6.18 Å². The van der Waals surface area contributed by atoms with Crippen LogP contribution in [-0.2, 0) is 11.0 Å². The minimum Gasteiger partial charge on any atom is -0.355 e. The molecule has 0 radical (unpaired) electrons. The zero-order valence-corrected chi connectivity index (χ0v) is 16.9. The summed E-state index contributed by atoms with van der Waals surface area (Å²) in [7, 11) is 0. The lowest BCUT2D eigenvalue weighted by molar-refractivity contribution is -0.137. The van der Waals surface area contributed by atoms with Gasteiger partial charge in [0.1, 0.15) is 0 Å². The number of alkyl halides is 3. The van der Waals surface area contributed by atoms with Crippen molar-refractivity contribution in [2.45, 2.75) is 19.0 Å². The van der Waals surface area contributed by atoms with E-state index in [9.17, 15) is 18.0 Å². The molecule has 1 saturated heterocycles. The van der Waals surface area contributed by atoms with Gasteiger partial charge in [0.2, 0.25) is 5.91 Å². The molecule has 1 aliphatic heterocycles. The van der Waals surface area contributed by atoms with E-state index in [4.69, 9.17) is 11.6 Å². The van der Waals surface area contributed by atoms with Gasteiger partial charge in [0.05, 0.1) is 16.9 Å². The molecule has 1 aliphatic rings. The van der Waals surface area contributed by atoms with Gasteiger partial charge in [0, 0.05) is 31.4 Å². The van der Waals surface area contributed by atoms with Crippen molar-refractivity contribution in [2.24, 2.45) is 5.92 Å². The Morgan fingerprint density at radius 1 is 1.13 bits per heavy atom. The topological polar surface area (TPSA) is 75.9 Å². The summed E-state index contributed by atoms with van der Waals surface area (Å²) in [6.07, 6.45) is -0.339. The van der Waals surface area contributed by atoms with Gasteiger partial charge < -0.3 is 10.2 Å². The third-order valence-electron chi connectivity index (χ3n) is 5.14. The van der Waals surface area contributed by atoms with Crippen LogP contribution in [0.15, 0.2) is 48.8 Å². The third kappa shape index (κ3) is 4.79. The van der Waals surface area contributed by atoms with Crippen LogP contribution in [0.3, 0.4) is 0 Å². The van der Waals surface area contributed by atoms with Crippen molar-refractivity contribution >= 4 is 29.0 Å². The summed E-state index contributed by atoms with van der Waals surface area (Å²) in [5, 5.41) is 14.9. The number of halogens is 4. The van der Waals surface area contributed by atoms with Crippen LogP contribution < -0.4 is 10.2 Å². The smallest absolute Gasteiger partial charge is 0.355 e. The number of nitrogens with zero attached hydrogens (tertiary/aromatic N) is 5. The Balaban J connectivity index is 1.48. The van der Waals surface area contributed by atoms with E-state index in [2.05, 4.69) is 20.6 Å². The molecular weight excluding hydrogens is 433 g/mol. The molecule has 3 aromatic rings. The molecule has 0 saturated carbocycles. The summed E-state index contributed by atoms with van der Waals surface area (Å²) in [4.78, 5) is 14.8. The van der Waals surface area contributed by atoms with Gasteiger partial charge in [-0.2, -0.15) is 18.3 Å². The molecule has 1 amide bonds. The van der Waals surface area contributed by atoms with Crippen LogP contribution in [0.25, 0.3) is 5.69 Å². The zero-order chi connectivity index (χ0) is 22.0. The number of hydrogen-bond acceptors (Lipinski definition) is 5. The fourth-order valence-corrected chi connectivity index (χ4v) is 3.61. The van der Waals surface area contributed by atoms with E-state index in [1.807, 2.05) is 4.90 Å². The Labute approximate surface area is 180 Å². The maximum Gasteiger partial charge on any atom is 0.416 e. The summed E-state index contributed by atoms with van der Waals surface area (Å²) in [5.41, 5.74) is -0.412. The summed E-state index contributed by atoms with van der Waals surface area (Å²) in [6.45, 7) is 1.14. The molecule has 1 N–H and O–H groups in total. The molecule has 1 fully saturated rings. The minimum absolute atomic E-state index is 0.0644. The van der Waals surface area contributed by atoms with Crippen LogP contribution in [0, 0.1) is 5.92 Å². The van der Waals surface area contributed by atoms with Gasteiger partial charge in [-0.1, -0.05) is 11.6 Å². The van der Waals surface area contributed by atoms with Crippen LogP contribution in [0.1, 0.15) is 18.4 Å². The molecule has 4 rings (SSSR count). The number of hydrogen-bond donors (Lipinski definition) is 1. The summed E-state index contributed by atoms with van der Waals surface area (Å²) in [6, 6.07) is 8.26. The molecular formula is C20H18ClF3N6O. The lowest BCUT2D eigenvalue weighted by Gasteiger charge is -2.32. The molecule has 2 aromatic heterocycles. The van der Waals surface area contributed by atoms with E-state index < -0.39 is 11.7 Å². The molecule has 0 unspecified atom stereocenters. The van der Waals surface area contributed by atoms with Crippen LogP contribution >= 0.6 is 11.6 Å². The Bertz CT molecular complexity index is 1050. The molecule has 3 heterocycles. The van der Waals surface area contributed by atoms with Crippen LogP contribution in [-0.4, -0.2) is 39.0 Å². The van der Waals surface area contributed by atoms with Crippen molar-refractivity contribution in [1.82, 2.24) is 20.0 Å². The van der Waals surface area contributed by atoms with E-state index >= 15 is 0 Å². The van der Waals surface area contributed by atoms with Crippen molar-refractivity contribution in [3.8, 4) is 5.69 Å². The van der Waals surface area contributed by atoms with Crippen molar-refractivity contribution in [2.75, 3.05) is 23.3 Å². The molecule has 0 aliphatic carbocycles. The monoisotopic (exact) mass is 450 g/mol. The number of nitrogens with one attached hydrogen (secondary N) is 1. The Hall–Kier alpha value is -3.14. The number of carbonyl (C=O) groups is 1. The Morgan fingerprint density at radius 2 is 1.90 bits per heavy atom. The van der Waals surface area contributed by atoms with Gasteiger partial charge in [-0.3, -0.25) is 4.79 Å². The van der Waals surface area contributed by atoms with Gasteiger partial charge in [-0.15, -0.1) is 10.2 Å². The lowest BCUT2D eigenvalue weighted by atomic mass is 9.95. The third-order valence-corrected chi connectivity index (χ3v) is 5.34. The van der Waals surface area contributed by atoms with Gasteiger partial charge in [-0.05, 0) is 49.2 Å². The molecule has 1 aromatic carbocycles.